The third kappa shape index (κ3) is 1.90. The molecule has 12 heavy (non-hydrogen) atoms. The topological polar surface area (TPSA) is 51.0 Å². The summed E-state index contributed by atoms with van der Waals surface area (Å²) in [5.74, 6) is -0.555. The van der Waals surface area contributed by atoms with Gasteiger partial charge in [0.15, 0.2) is 0 Å². The van der Waals surface area contributed by atoms with Crippen molar-refractivity contribution in [3.05, 3.63) is 0 Å². The van der Waals surface area contributed by atoms with E-state index >= 15 is 0 Å². The summed E-state index contributed by atoms with van der Waals surface area (Å²) < 4.78 is 4.85. The second-order valence-corrected chi connectivity index (χ2v) is 2.58. The lowest BCUT2D eigenvalue weighted by Gasteiger charge is -2.16. The first kappa shape index (κ1) is 8.90. The summed E-state index contributed by atoms with van der Waals surface area (Å²) in [6.45, 7) is 4.05. The minimum Gasteiger partial charge on any atom is -0.465 e. The summed E-state index contributed by atoms with van der Waals surface area (Å²) in [5, 5.41) is 0. The lowest BCUT2D eigenvalue weighted by atomic mass is 10.0. The van der Waals surface area contributed by atoms with Gasteiger partial charge in [-0.3, -0.25) is 9.79 Å². The summed E-state index contributed by atoms with van der Waals surface area (Å²) in [5.41, 5.74) is 0. The van der Waals surface area contributed by atoms with Crippen LogP contribution < -0.4 is 0 Å². The second-order valence-electron chi connectivity index (χ2n) is 2.58. The van der Waals surface area contributed by atoms with Crippen LogP contribution >= 0.6 is 0 Å². The van der Waals surface area contributed by atoms with Crippen LogP contribution in [0.4, 0.5) is 0 Å². The number of nitrogens with zero attached hydrogens (tertiary/aromatic N) is 2. The zero-order valence-electron chi connectivity index (χ0n) is 7.23. The average molecular weight is 168 g/mol. The molecule has 1 aliphatic heterocycles. The van der Waals surface area contributed by atoms with Crippen LogP contribution in [0.2, 0.25) is 0 Å². The monoisotopic (exact) mass is 168 g/mol. The largest absolute Gasteiger partial charge is 0.465 e. The van der Waals surface area contributed by atoms with Crippen molar-refractivity contribution in [3.63, 3.8) is 0 Å². The molecule has 0 spiro atoms. The maximum absolute atomic E-state index is 11.2. The highest BCUT2D eigenvalue weighted by Gasteiger charge is 2.25. The summed E-state index contributed by atoms with van der Waals surface area (Å²) in [6, 6.07) is -0.0541. The van der Waals surface area contributed by atoms with E-state index in [9.17, 15) is 4.79 Å². The number of rotatable bonds is 2. The molecule has 0 aromatic carbocycles. The van der Waals surface area contributed by atoms with E-state index in [1.54, 1.807) is 13.1 Å². The van der Waals surface area contributed by atoms with Gasteiger partial charge in [-0.15, -0.1) is 0 Å². The van der Waals surface area contributed by atoms with E-state index in [0.29, 0.717) is 6.61 Å². The quantitative estimate of drug-likeness (QED) is 0.569. The fraction of sp³-hybridized carbons (Fsp3) is 0.625. The van der Waals surface area contributed by atoms with E-state index in [-0.39, 0.29) is 17.9 Å². The van der Waals surface area contributed by atoms with Crippen LogP contribution in [0.5, 0.6) is 0 Å². The molecule has 1 aliphatic rings. The summed E-state index contributed by atoms with van der Waals surface area (Å²) in [6.07, 6.45) is 3.04. The van der Waals surface area contributed by atoms with Crippen LogP contribution in [0.15, 0.2) is 9.98 Å². The van der Waals surface area contributed by atoms with E-state index in [2.05, 4.69) is 9.98 Å². The van der Waals surface area contributed by atoms with Gasteiger partial charge in [0.2, 0.25) is 0 Å². The van der Waals surface area contributed by atoms with Crippen LogP contribution in [0.1, 0.15) is 13.8 Å². The van der Waals surface area contributed by atoms with Crippen molar-refractivity contribution in [2.75, 3.05) is 6.61 Å². The third-order valence-corrected chi connectivity index (χ3v) is 1.69. The predicted octanol–water partition coefficient (Wildman–Crippen LogP) is 0.667. The molecule has 2 atom stereocenters. The Morgan fingerprint density at radius 1 is 1.67 bits per heavy atom. The molecule has 4 heteroatoms. The van der Waals surface area contributed by atoms with Crippen molar-refractivity contribution >= 4 is 18.5 Å². The number of hydrogen-bond donors (Lipinski definition) is 0. The maximum atomic E-state index is 11.2. The maximum Gasteiger partial charge on any atom is 0.316 e. The first-order chi connectivity index (χ1) is 5.75. The van der Waals surface area contributed by atoms with Crippen molar-refractivity contribution in [2.24, 2.45) is 15.9 Å². The average Bonchev–Trinajstić information content (AvgIpc) is 2.05. The lowest BCUT2D eigenvalue weighted by molar-refractivity contribution is -0.145. The lowest BCUT2D eigenvalue weighted by Crippen LogP contribution is -2.30. The fourth-order valence-corrected chi connectivity index (χ4v) is 0.988. The standard InChI is InChI=1S/C8H12N2O2/c1-3-12-8(11)7-4-9-5-10-6(7)2/h4-7H,3H2,1-2H3. The normalized spacial score (nSPS) is 27.2. The predicted molar refractivity (Wildman–Crippen MR) is 46.6 cm³/mol. The Hall–Kier alpha value is -1.19. The van der Waals surface area contributed by atoms with Crippen LogP contribution in [-0.2, 0) is 9.53 Å². The van der Waals surface area contributed by atoms with Crippen molar-refractivity contribution in [3.8, 4) is 0 Å². The number of aliphatic imine (C=N–C) groups is 2. The van der Waals surface area contributed by atoms with Gasteiger partial charge >= 0.3 is 5.97 Å². The fourth-order valence-electron chi connectivity index (χ4n) is 0.988. The molecule has 0 aliphatic carbocycles. The molecular formula is C8H12N2O2. The molecule has 0 bridgehead atoms. The van der Waals surface area contributed by atoms with Gasteiger partial charge in [0.25, 0.3) is 0 Å². The van der Waals surface area contributed by atoms with Crippen molar-refractivity contribution in [1.29, 1.82) is 0 Å². The minimum absolute atomic E-state index is 0.0541. The molecule has 0 radical (unpaired) electrons. The smallest absolute Gasteiger partial charge is 0.316 e. The number of carbonyl (C=O) groups excluding carboxylic acids is 1. The molecule has 2 unspecified atom stereocenters. The van der Waals surface area contributed by atoms with Gasteiger partial charge in [0.05, 0.1) is 12.6 Å². The van der Waals surface area contributed by atoms with Crippen LogP contribution in [0, 0.1) is 5.92 Å². The molecule has 0 aromatic rings. The van der Waals surface area contributed by atoms with Crippen LogP contribution in [0.3, 0.4) is 0 Å². The van der Waals surface area contributed by atoms with E-state index in [1.165, 1.54) is 6.34 Å². The Kier molecular flexibility index (Phi) is 2.96. The highest BCUT2D eigenvalue weighted by atomic mass is 16.5. The van der Waals surface area contributed by atoms with E-state index in [4.69, 9.17) is 4.74 Å². The van der Waals surface area contributed by atoms with Crippen molar-refractivity contribution in [2.45, 2.75) is 19.9 Å². The third-order valence-electron chi connectivity index (χ3n) is 1.69. The van der Waals surface area contributed by atoms with Crippen LogP contribution in [0.25, 0.3) is 0 Å². The molecule has 1 heterocycles. The summed E-state index contributed by atoms with van der Waals surface area (Å²) in [4.78, 5) is 19.0. The van der Waals surface area contributed by atoms with Gasteiger partial charge in [-0.25, -0.2) is 4.99 Å². The molecule has 0 fully saturated rings. The molecule has 0 N–H and O–H groups in total. The number of carbonyl (C=O) groups is 1. The SMILES string of the molecule is CCOC(=O)C1C=NC=NC1C. The van der Waals surface area contributed by atoms with Gasteiger partial charge < -0.3 is 4.74 Å². The molecule has 66 valence electrons. The van der Waals surface area contributed by atoms with Gasteiger partial charge in [0.1, 0.15) is 12.3 Å². The summed E-state index contributed by atoms with van der Waals surface area (Å²) in [7, 11) is 0. The second kappa shape index (κ2) is 3.99. The van der Waals surface area contributed by atoms with Gasteiger partial charge in [-0.2, -0.15) is 0 Å². The first-order valence-corrected chi connectivity index (χ1v) is 3.97. The number of hydrogen-bond acceptors (Lipinski definition) is 4. The van der Waals surface area contributed by atoms with Crippen LogP contribution in [-0.4, -0.2) is 31.2 Å². The van der Waals surface area contributed by atoms with Crippen molar-refractivity contribution in [1.82, 2.24) is 0 Å². The molecule has 4 nitrogen and oxygen atoms in total. The number of ether oxygens (including phenoxy) is 1. The first-order valence-electron chi connectivity index (χ1n) is 3.97. The molecular weight excluding hydrogens is 156 g/mol. The number of esters is 1. The highest BCUT2D eigenvalue weighted by molar-refractivity contribution is 5.94. The van der Waals surface area contributed by atoms with Crippen molar-refractivity contribution < 1.29 is 9.53 Å². The Morgan fingerprint density at radius 3 is 3.00 bits per heavy atom. The molecule has 1 rings (SSSR count). The molecule has 0 saturated carbocycles. The Labute approximate surface area is 71.4 Å². The zero-order chi connectivity index (χ0) is 8.97. The van der Waals surface area contributed by atoms with Gasteiger partial charge in [-0.05, 0) is 13.8 Å². The van der Waals surface area contributed by atoms with Gasteiger partial charge in [0, 0.05) is 6.21 Å². The van der Waals surface area contributed by atoms with E-state index in [0.717, 1.165) is 0 Å². The summed E-state index contributed by atoms with van der Waals surface area (Å²) >= 11 is 0. The van der Waals surface area contributed by atoms with Gasteiger partial charge in [-0.1, -0.05) is 0 Å². The Balaban J connectivity index is 2.56. The Morgan fingerprint density at radius 2 is 2.42 bits per heavy atom. The molecule has 0 amide bonds. The zero-order valence-corrected chi connectivity index (χ0v) is 7.23. The van der Waals surface area contributed by atoms with E-state index < -0.39 is 0 Å². The molecule has 0 aromatic heterocycles. The Bertz CT molecular complexity index is 223. The molecule has 0 saturated heterocycles. The highest BCUT2D eigenvalue weighted by Crippen LogP contribution is 2.10. The van der Waals surface area contributed by atoms with E-state index in [1.807, 2.05) is 6.92 Å². The minimum atomic E-state index is -0.310.